The van der Waals surface area contributed by atoms with Crippen LogP contribution in [0.2, 0.25) is 0 Å². The summed E-state index contributed by atoms with van der Waals surface area (Å²) in [7, 11) is -2.52. The molecule has 21 heavy (non-hydrogen) atoms. The molecular weight excluding hydrogens is 297 g/mol. The van der Waals surface area contributed by atoms with Crippen LogP contribution < -0.4 is 4.72 Å². The number of esters is 1. The molecule has 0 radical (unpaired) electrons. The lowest BCUT2D eigenvalue weighted by atomic mass is 9.96. The van der Waals surface area contributed by atoms with Gasteiger partial charge in [-0.15, -0.1) is 0 Å². The molecule has 1 aromatic rings. The minimum atomic E-state index is -3.73. The smallest absolute Gasteiger partial charge is 0.309 e. The first-order valence-corrected chi connectivity index (χ1v) is 8.08. The molecule has 0 unspecified atom stereocenters. The van der Waals surface area contributed by atoms with Gasteiger partial charge in [-0.2, -0.15) is 0 Å². The highest BCUT2D eigenvalue weighted by Crippen LogP contribution is 2.22. The summed E-state index contributed by atoms with van der Waals surface area (Å²) in [6.45, 7) is 4.73. The summed E-state index contributed by atoms with van der Waals surface area (Å²) < 4.78 is 44.5. The quantitative estimate of drug-likeness (QED) is 0.812. The Labute approximate surface area is 124 Å². The van der Waals surface area contributed by atoms with Crippen molar-refractivity contribution in [1.82, 2.24) is 4.72 Å². The van der Waals surface area contributed by atoms with Crippen LogP contribution >= 0.6 is 0 Å². The maximum Gasteiger partial charge on any atom is 0.309 e. The van der Waals surface area contributed by atoms with Crippen molar-refractivity contribution in [3.8, 4) is 0 Å². The fourth-order valence-corrected chi connectivity index (χ4v) is 3.74. The average Bonchev–Trinajstić information content (AvgIpc) is 2.35. The third kappa shape index (κ3) is 5.09. The predicted molar refractivity (Wildman–Crippen MR) is 77.5 cm³/mol. The second-order valence-electron chi connectivity index (χ2n) is 5.44. The van der Waals surface area contributed by atoms with Gasteiger partial charge in [-0.1, -0.05) is 19.1 Å². The number of carbonyl (C=O) groups is 1. The summed E-state index contributed by atoms with van der Waals surface area (Å²) >= 11 is 0. The number of hydrogen-bond donors (Lipinski definition) is 1. The third-order valence-corrected chi connectivity index (χ3v) is 4.79. The van der Waals surface area contributed by atoms with E-state index in [1.54, 1.807) is 19.9 Å². The number of halogens is 1. The molecule has 5 nitrogen and oxygen atoms in total. The van der Waals surface area contributed by atoms with E-state index >= 15 is 0 Å². The second-order valence-corrected chi connectivity index (χ2v) is 7.21. The van der Waals surface area contributed by atoms with Crippen molar-refractivity contribution in [2.75, 3.05) is 12.9 Å². The van der Waals surface area contributed by atoms with Crippen LogP contribution in [0, 0.1) is 11.7 Å². The molecule has 0 aliphatic heterocycles. The summed E-state index contributed by atoms with van der Waals surface area (Å²) in [6, 6.07) is 5.70. The predicted octanol–water partition coefficient (Wildman–Crippen LogP) is 1.79. The first-order chi connectivity index (χ1) is 9.57. The summed E-state index contributed by atoms with van der Waals surface area (Å²) in [6.07, 6.45) is 0. The molecule has 118 valence electrons. The van der Waals surface area contributed by atoms with Crippen LogP contribution in [-0.4, -0.2) is 27.2 Å². The third-order valence-electron chi connectivity index (χ3n) is 3.03. The van der Waals surface area contributed by atoms with E-state index in [2.05, 4.69) is 9.46 Å². The summed E-state index contributed by atoms with van der Waals surface area (Å²) in [5, 5.41) is 0. The van der Waals surface area contributed by atoms with Crippen molar-refractivity contribution in [3.05, 3.63) is 35.6 Å². The molecule has 0 saturated heterocycles. The molecule has 0 heterocycles. The topological polar surface area (TPSA) is 72.5 Å². The molecule has 1 atom stereocenters. The van der Waals surface area contributed by atoms with Gasteiger partial charge in [-0.25, -0.2) is 17.5 Å². The largest absolute Gasteiger partial charge is 0.469 e. The van der Waals surface area contributed by atoms with Gasteiger partial charge in [-0.3, -0.25) is 4.79 Å². The number of rotatable bonds is 6. The minimum absolute atomic E-state index is 0.390. The van der Waals surface area contributed by atoms with Crippen molar-refractivity contribution in [1.29, 1.82) is 0 Å². The molecule has 1 N–H and O–H groups in total. The van der Waals surface area contributed by atoms with Gasteiger partial charge in [-0.05, 0) is 31.5 Å². The molecule has 0 aliphatic rings. The fourth-order valence-electron chi connectivity index (χ4n) is 1.96. The highest BCUT2D eigenvalue weighted by molar-refractivity contribution is 7.89. The standard InChI is InChI=1S/C14H20FNO4S/c1-10(13(17)20-4)9-21(18,19)16-14(2,3)11-6-5-7-12(15)8-11/h5-8,10,16H,9H2,1-4H3/t10-/m1/s1. The molecule has 0 aromatic heterocycles. The Morgan fingerprint density at radius 1 is 1.43 bits per heavy atom. The van der Waals surface area contributed by atoms with Gasteiger partial charge in [0, 0.05) is 0 Å². The van der Waals surface area contributed by atoms with Crippen molar-refractivity contribution < 1.29 is 22.3 Å². The minimum Gasteiger partial charge on any atom is -0.469 e. The molecule has 1 rings (SSSR count). The van der Waals surface area contributed by atoms with Gasteiger partial charge >= 0.3 is 5.97 Å². The monoisotopic (exact) mass is 317 g/mol. The van der Waals surface area contributed by atoms with Crippen molar-refractivity contribution in [3.63, 3.8) is 0 Å². The number of sulfonamides is 1. The van der Waals surface area contributed by atoms with Crippen molar-refractivity contribution in [2.24, 2.45) is 5.92 Å². The zero-order chi connectivity index (χ0) is 16.3. The normalized spacial score (nSPS) is 13.8. The summed E-state index contributed by atoms with van der Waals surface area (Å²) in [5.74, 6) is -2.21. The number of carbonyl (C=O) groups excluding carboxylic acids is 1. The number of methoxy groups -OCH3 is 1. The van der Waals surface area contributed by atoms with Gasteiger partial charge in [0.05, 0.1) is 24.3 Å². The second kappa shape index (κ2) is 6.53. The Bertz CT molecular complexity index is 613. The Hall–Kier alpha value is -1.47. The molecule has 0 aliphatic carbocycles. The zero-order valence-electron chi connectivity index (χ0n) is 12.5. The number of hydrogen-bond acceptors (Lipinski definition) is 4. The molecule has 1 aromatic carbocycles. The van der Waals surface area contributed by atoms with Crippen LogP contribution in [-0.2, 0) is 25.1 Å². The van der Waals surface area contributed by atoms with Crippen LogP contribution in [0.5, 0.6) is 0 Å². The molecule has 7 heteroatoms. The lowest BCUT2D eigenvalue weighted by molar-refractivity contribution is -0.144. The number of ether oxygens (including phenoxy) is 1. The Morgan fingerprint density at radius 2 is 2.05 bits per heavy atom. The van der Waals surface area contributed by atoms with Crippen molar-refractivity contribution >= 4 is 16.0 Å². The highest BCUT2D eigenvalue weighted by Gasteiger charge is 2.30. The van der Waals surface area contributed by atoms with E-state index in [1.165, 1.54) is 32.2 Å². The summed E-state index contributed by atoms with van der Waals surface area (Å²) in [5.41, 5.74) is -0.492. The lowest BCUT2D eigenvalue weighted by Crippen LogP contribution is -2.43. The molecule has 0 amide bonds. The van der Waals surface area contributed by atoms with Crippen LogP contribution in [0.3, 0.4) is 0 Å². The Balaban J connectivity index is 2.89. The van der Waals surface area contributed by atoms with E-state index in [4.69, 9.17) is 0 Å². The van der Waals surface area contributed by atoms with Gasteiger partial charge in [0.2, 0.25) is 10.0 Å². The van der Waals surface area contributed by atoms with Crippen LogP contribution in [0.4, 0.5) is 4.39 Å². The average molecular weight is 317 g/mol. The van der Waals surface area contributed by atoms with Crippen LogP contribution in [0.1, 0.15) is 26.3 Å². The molecule has 0 fully saturated rings. The molecular formula is C14H20FNO4S. The number of nitrogens with one attached hydrogen (secondary N) is 1. The van der Waals surface area contributed by atoms with E-state index in [0.717, 1.165) is 0 Å². The Morgan fingerprint density at radius 3 is 2.57 bits per heavy atom. The first kappa shape index (κ1) is 17.6. The highest BCUT2D eigenvalue weighted by atomic mass is 32.2. The van der Waals surface area contributed by atoms with E-state index in [9.17, 15) is 17.6 Å². The SMILES string of the molecule is COC(=O)[C@H](C)CS(=O)(=O)NC(C)(C)c1cccc(F)c1. The fraction of sp³-hybridized carbons (Fsp3) is 0.500. The van der Waals surface area contributed by atoms with E-state index in [0.29, 0.717) is 5.56 Å². The first-order valence-electron chi connectivity index (χ1n) is 6.43. The molecule has 0 spiro atoms. The van der Waals surface area contributed by atoms with E-state index in [-0.39, 0.29) is 0 Å². The lowest BCUT2D eigenvalue weighted by Gasteiger charge is -2.27. The zero-order valence-corrected chi connectivity index (χ0v) is 13.3. The van der Waals surface area contributed by atoms with E-state index in [1.807, 2.05) is 0 Å². The number of benzene rings is 1. The molecule has 0 bridgehead atoms. The van der Waals surface area contributed by atoms with Gasteiger partial charge in [0.25, 0.3) is 0 Å². The van der Waals surface area contributed by atoms with Crippen molar-refractivity contribution in [2.45, 2.75) is 26.3 Å². The summed E-state index contributed by atoms with van der Waals surface area (Å²) in [4.78, 5) is 11.3. The maximum absolute atomic E-state index is 13.3. The maximum atomic E-state index is 13.3. The van der Waals surface area contributed by atoms with E-state index < -0.39 is 39.0 Å². The Kier molecular flexibility index (Phi) is 5.47. The van der Waals surface area contributed by atoms with Gasteiger partial charge in [0.15, 0.2) is 0 Å². The molecule has 0 saturated carbocycles. The van der Waals surface area contributed by atoms with Crippen LogP contribution in [0.25, 0.3) is 0 Å². The van der Waals surface area contributed by atoms with Gasteiger partial charge < -0.3 is 4.74 Å². The van der Waals surface area contributed by atoms with Gasteiger partial charge in [0.1, 0.15) is 5.82 Å². The van der Waals surface area contributed by atoms with Crippen LogP contribution in [0.15, 0.2) is 24.3 Å².